The minimum Gasteiger partial charge on any atom is -0.756 e. The number of unbranched alkanes of at least 4 members (excludes halogenated alkanes) is 14. The second-order valence-corrected chi connectivity index (χ2v) is 18.2. The lowest BCUT2D eigenvalue weighted by Gasteiger charge is -2.28. The molecule has 1 unspecified atom stereocenters. The van der Waals surface area contributed by atoms with Gasteiger partial charge in [-0.15, -0.1) is 0 Å². The molecule has 0 saturated heterocycles. The molecule has 6 atom stereocenters. The molecule has 0 aliphatic heterocycles. The fraction of sp³-hybridized carbons (Fsp3) is 0.841. The third kappa shape index (κ3) is 29.0. The molecule has 1 rings (SSSR count). The molecule has 1 saturated carbocycles. The van der Waals surface area contributed by atoms with Gasteiger partial charge >= 0.3 is 11.9 Å². The third-order valence-electron chi connectivity index (χ3n) is 10.3. The SMILES string of the molecule is CCCCCC/C=C\CCCCCCCC(=O)OC[C@H](COP(=O)([O-])OCC[N+](C)(C)C)OC(=O)CCCCCC[C@H]1C(=O)C[C@@H](O)[C@@H]1/C=C/[C@@H](O)CCCCC. The zero-order chi connectivity index (χ0) is 42.4. The van der Waals surface area contributed by atoms with Gasteiger partial charge in [-0.2, -0.15) is 0 Å². The average molecular weight is 830 g/mol. The molecule has 13 heteroatoms. The largest absolute Gasteiger partial charge is 0.756 e. The standard InChI is InChI=1S/C44H80NO11P/c1-6-8-10-11-12-13-14-15-16-17-18-19-24-28-43(49)53-35-38(36-55-57(51,52)54-33-32-45(3,4)5)56-44(50)29-25-21-20-23-27-39-40(42(48)34-41(39)47)31-30-37(46)26-22-9-7-2/h13-14,30-31,37-40,42,46,48H,6-12,15-29,32-36H2,1-5H3/b14-13-,31-30+/t37-,38+,39+,40+,42+/m0/s1. The van der Waals surface area contributed by atoms with Crippen LogP contribution < -0.4 is 4.89 Å². The van der Waals surface area contributed by atoms with Gasteiger partial charge < -0.3 is 38.1 Å². The van der Waals surface area contributed by atoms with Crippen LogP contribution in [0.5, 0.6) is 0 Å². The molecular formula is C44H80NO11P. The summed E-state index contributed by atoms with van der Waals surface area (Å²) in [6.45, 7) is 3.81. The normalized spacial score (nSPS) is 19.6. The van der Waals surface area contributed by atoms with Crippen LogP contribution in [0, 0.1) is 11.8 Å². The minimum absolute atomic E-state index is 0.0405. The summed E-state index contributed by atoms with van der Waals surface area (Å²) in [5, 5.41) is 20.7. The first kappa shape index (κ1) is 53.1. The molecule has 57 heavy (non-hydrogen) atoms. The molecule has 0 amide bonds. The molecule has 12 nitrogen and oxygen atoms in total. The van der Waals surface area contributed by atoms with Gasteiger partial charge in [0.15, 0.2) is 6.10 Å². The molecule has 0 radical (unpaired) electrons. The summed E-state index contributed by atoms with van der Waals surface area (Å²) in [5.41, 5.74) is 0. The van der Waals surface area contributed by atoms with Crippen LogP contribution in [0.1, 0.15) is 162 Å². The molecule has 1 fully saturated rings. The third-order valence-corrected chi connectivity index (χ3v) is 11.3. The number of aliphatic hydroxyl groups is 2. The van der Waals surface area contributed by atoms with Gasteiger partial charge in [-0.05, 0) is 51.4 Å². The number of ether oxygens (including phenoxy) is 2. The Morgan fingerprint density at radius 3 is 2.05 bits per heavy atom. The first-order valence-corrected chi connectivity index (χ1v) is 23.6. The van der Waals surface area contributed by atoms with Crippen molar-refractivity contribution in [1.29, 1.82) is 0 Å². The van der Waals surface area contributed by atoms with Gasteiger partial charge in [0.2, 0.25) is 0 Å². The van der Waals surface area contributed by atoms with E-state index < -0.39 is 44.7 Å². The van der Waals surface area contributed by atoms with Gasteiger partial charge in [-0.3, -0.25) is 18.9 Å². The van der Waals surface area contributed by atoms with E-state index in [1.54, 1.807) is 6.08 Å². The minimum atomic E-state index is -4.69. The van der Waals surface area contributed by atoms with Crippen LogP contribution in [0.25, 0.3) is 0 Å². The van der Waals surface area contributed by atoms with E-state index >= 15 is 0 Å². The van der Waals surface area contributed by atoms with Crippen LogP contribution in [0.3, 0.4) is 0 Å². The van der Waals surface area contributed by atoms with Crippen molar-refractivity contribution in [2.45, 2.75) is 180 Å². The van der Waals surface area contributed by atoms with Gasteiger partial charge in [0.05, 0.1) is 40.0 Å². The summed E-state index contributed by atoms with van der Waals surface area (Å²) < 4.78 is 33.8. The summed E-state index contributed by atoms with van der Waals surface area (Å²) in [6.07, 6.45) is 25.3. The van der Waals surface area contributed by atoms with E-state index in [4.69, 9.17) is 18.5 Å². The first-order valence-electron chi connectivity index (χ1n) is 22.1. The number of hydrogen-bond acceptors (Lipinski definition) is 11. The Balaban J connectivity index is 2.50. The highest BCUT2D eigenvalue weighted by atomic mass is 31.2. The number of hydrogen-bond donors (Lipinski definition) is 2. The lowest BCUT2D eigenvalue weighted by molar-refractivity contribution is -0.870. The Kier molecular flexibility index (Phi) is 29.7. The molecule has 0 aromatic carbocycles. The van der Waals surface area contributed by atoms with Crippen molar-refractivity contribution in [2.24, 2.45) is 11.8 Å². The topological polar surface area (TPSA) is 169 Å². The molecule has 332 valence electrons. The number of Topliss-reactive ketones (excluding diaryl/α,β-unsaturated/α-hetero) is 1. The zero-order valence-corrected chi connectivity index (χ0v) is 37.1. The molecule has 0 spiro atoms. The van der Waals surface area contributed by atoms with Crippen molar-refractivity contribution in [3.8, 4) is 0 Å². The van der Waals surface area contributed by atoms with Crippen LogP contribution in [-0.4, -0.2) is 98.2 Å². The molecule has 2 N–H and O–H groups in total. The number of carbonyl (C=O) groups excluding carboxylic acids is 3. The van der Waals surface area contributed by atoms with Gasteiger partial charge in [-0.25, -0.2) is 0 Å². The number of carbonyl (C=O) groups is 3. The predicted molar refractivity (Wildman–Crippen MR) is 223 cm³/mol. The molecule has 0 bridgehead atoms. The monoisotopic (exact) mass is 830 g/mol. The van der Waals surface area contributed by atoms with E-state index in [0.29, 0.717) is 43.1 Å². The lowest BCUT2D eigenvalue weighted by atomic mass is 9.88. The van der Waals surface area contributed by atoms with Gasteiger partial charge in [0, 0.05) is 31.1 Å². The Bertz CT molecular complexity index is 1190. The van der Waals surface area contributed by atoms with Crippen LogP contribution in [0.2, 0.25) is 0 Å². The van der Waals surface area contributed by atoms with Crippen LogP contribution in [-0.2, 0) is 37.5 Å². The Hall–Kier alpha value is -1.92. The molecule has 0 aromatic heterocycles. The number of likely N-dealkylation sites (N-methyl/N-ethyl adjacent to an activating group) is 1. The first-order chi connectivity index (χ1) is 27.2. The highest BCUT2D eigenvalue weighted by molar-refractivity contribution is 7.45. The van der Waals surface area contributed by atoms with Crippen molar-refractivity contribution in [2.75, 3.05) is 47.5 Å². The van der Waals surface area contributed by atoms with E-state index in [9.17, 15) is 34.1 Å². The van der Waals surface area contributed by atoms with E-state index in [2.05, 4.69) is 26.0 Å². The maximum atomic E-state index is 12.8. The summed E-state index contributed by atoms with van der Waals surface area (Å²) >= 11 is 0. The van der Waals surface area contributed by atoms with Crippen LogP contribution in [0.15, 0.2) is 24.3 Å². The van der Waals surface area contributed by atoms with E-state index in [1.165, 1.54) is 25.7 Å². The van der Waals surface area contributed by atoms with Crippen molar-refractivity contribution in [1.82, 2.24) is 0 Å². The van der Waals surface area contributed by atoms with Crippen molar-refractivity contribution >= 4 is 25.5 Å². The average Bonchev–Trinajstić information content (AvgIpc) is 3.41. The smallest absolute Gasteiger partial charge is 0.306 e. The van der Waals surface area contributed by atoms with Crippen LogP contribution in [0.4, 0.5) is 0 Å². The Labute approximate surface area is 345 Å². The number of phosphoric acid groups is 1. The highest BCUT2D eigenvalue weighted by Gasteiger charge is 2.39. The Morgan fingerprint density at radius 2 is 1.40 bits per heavy atom. The summed E-state index contributed by atoms with van der Waals surface area (Å²) in [5.74, 6) is -1.56. The van der Waals surface area contributed by atoms with E-state index in [1.807, 2.05) is 27.2 Å². The number of quaternary nitrogens is 1. The fourth-order valence-corrected chi connectivity index (χ4v) is 7.51. The predicted octanol–water partition coefficient (Wildman–Crippen LogP) is 8.31. The van der Waals surface area contributed by atoms with Crippen LogP contribution >= 0.6 is 7.82 Å². The Morgan fingerprint density at radius 1 is 0.825 bits per heavy atom. The van der Waals surface area contributed by atoms with E-state index in [0.717, 1.165) is 70.6 Å². The lowest BCUT2D eigenvalue weighted by Crippen LogP contribution is -2.37. The molecule has 0 heterocycles. The molecule has 0 aromatic rings. The quantitative estimate of drug-likeness (QED) is 0.0205. The maximum absolute atomic E-state index is 12.8. The van der Waals surface area contributed by atoms with E-state index in [-0.39, 0.29) is 50.1 Å². The second kappa shape index (κ2) is 31.9. The molecule has 1 aliphatic carbocycles. The summed E-state index contributed by atoms with van der Waals surface area (Å²) in [6, 6.07) is 0. The van der Waals surface area contributed by atoms with Gasteiger partial charge in [0.25, 0.3) is 7.82 Å². The maximum Gasteiger partial charge on any atom is 0.306 e. The van der Waals surface area contributed by atoms with Gasteiger partial charge in [-0.1, -0.05) is 115 Å². The summed E-state index contributed by atoms with van der Waals surface area (Å²) in [4.78, 5) is 50.3. The van der Waals surface area contributed by atoms with Crippen molar-refractivity contribution in [3.05, 3.63) is 24.3 Å². The number of esters is 2. The number of ketones is 1. The highest BCUT2D eigenvalue weighted by Crippen LogP contribution is 2.38. The summed E-state index contributed by atoms with van der Waals surface area (Å²) in [7, 11) is 1.01. The van der Waals surface area contributed by atoms with Gasteiger partial charge in [0.1, 0.15) is 25.5 Å². The number of rotatable bonds is 36. The van der Waals surface area contributed by atoms with Crippen molar-refractivity contribution < 1.29 is 57.1 Å². The second-order valence-electron chi connectivity index (χ2n) is 16.8. The number of nitrogens with zero attached hydrogens (tertiary/aromatic N) is 1. The fourth-order valence-electron chi connectivity index (χ4n) is 6.78. The number of phosphoric ester groups is 1. The number of allylic oxidation sites excluding steroid dienone is 2. The molecule has 1 aliphatic rings. The van der Waals surface area contributed by atoms with Crippen molar-refractivity contribution in [3.63, 3.8) is 0 Å². The zero-order valence-electron chi connectivity index (χ0n) is 36.3. The number of aliphatic hydroxyl groups excluding tert-OH is 2. The molecular weight excluding hydrogens is 749 g/mol.